The first-order valence-corrected chi connectivity index (χ1v) is 3.43. The Balaban J connectivity index is 2.66. The van der Waals surface area contributed by atoms with Crippen LogP contribution in [-0.2, 0) is 9.53 Å². The Morgan fingerprint density at radius 3 is 2.17 bits per heavy atom. The molecule has 0 aliphatic carbocycles. The number of carboxylic acid groups (broad SMARTS) is 1. The van der Waals surface area contributed by atoms with Crippen molar-refractivity contribution in [2.24, 2.45) is 0 Å². The maximum absolute atomic E-state index is 10.3. The van der Waals surface area contributed by atoms with Gasteiger partial charge in [-0.3, -0.25) is 0 Å². The molecule has 1 fully saturated rings. The topological polar surface area (TPSA) is 107 Å². The Bertz CT molecular complexity index is 181. The number of carbonyl (C=O) groups is 1. The van der Waals surface area contributed by atoms with Gasteiger partial charge in [-0.1, -0.05) is 0 Å². The Kier molecular flexibility index (Phi) is 2.63. The number of aliphatic hydroxyl groups is 3. The number of rotatable bonds is 2. The van der Waals surface area contributed by atoms with Crippen molar-refractivity contribution < 1.29 is 30.0 Å². The summed E-state index contributed by atoms with van der Waals surface area (Å²) < 4.78 is 4.65. The lowest BCUT2D eigenvalue weighted by molar-refractivity contribution is -0.153. The van der Waals surface area contributed by atoms with E-state index in [-0.39, 0.29) is 0 Å². The third-order valence-electron chi connectivity index (χ3n) is 1.79. The van der Waals surface area contributed by atoms with Crippen LogP contribution in [0.3, 0.4) is 0 Å². The van der Waals surface area contributed by atoms with Crippen LogP contribution in [0.1, 0.15) is 0 Å². The van der Waals surface area contributed by atoms with Gasteiger partial charge in [-0.15, -0.1) is 0 Å². The van der Waals surface area contributed by atoms with Crippen LogP contribution >= 0.6 is 0 Å². The lowest BCUT2D eigenvalue weighted by Gasteiger charge is -2.10. The minimum atomic E-state index is -1.47. The molecule has 6 heteroatoms. The molecular formula is C6H10O6. The molecule has 0 bridgehead atoms. The Hall–Kier alpha value is -0.690. The number of hydrogen-bond acceptors (Lipinski definition) is 5. The summed E-state index contributed by atoms with van der Waals surface area (Å²) in [5.74, 6) is -1.35. The fourth-order valence-electron chi connectivity index (χ4n) is 1.10. The van der Waals surface area contributed by atoms with Crippen molar-refractivity contribution in [3.05, 3.63) is 0 Å². The van der Waals surface area contributed by atoms with E-state index >= 15 is 0 Å². The average molecular weight is 178 g/mol. The average Bonchev–Trinajstić information content (AvgIpc) is 2.30. The zero-order chi connectivity index (χ0) is 9.30. The van der Waals surface area contributed by atoms with E-state index in [0.29, 0.717) is 0 Å². The highest BCUT2D eigenvalue weighted by atomic mass is 16.6. The van der Waals surface area contributed by atoms with Crippen molar-refractivity contribution >= 4 is 5.97 Å². The number of carboxylic acids is 1. The molecule has 1 heterocycles. The maximum Gasteiger partial charge on any atom is 0.335 e. The Morgan fingerprint density at radius 1 is 1.33 bits per heavy atom. The largest absolute Gasteiger partial charge is 0.479 e. The first kappa shape index (κ1) is 9.40. The molecule has 0 aromatic carbocycles. The standard InChI is InChI=1S/C6H10O6/c7-1-2-3(8)4(9)5(12-2)6(10)11/h2-5,7-9H,1H2,(H,10,11). The highest BCUT2D eigenvalue weighted by Crippen LogP contribution is 2.20. The van der Waals surface area contributed by atoms with Gasteiger partial charge in [-0.2, -0.15) is 0 Å². The zero-order valence-corrected chi connectivity index (χ0v) is 6.12. The second-order valence-corrected chi connectivity index (χ2v) is 2.60. The molecule has 70 valence electrons. The lowest BCUT2D eigenvalue weighted by Crippen LogP contribution is -2.36. The quantitative estimate of drug-likeness (QED) is 0.374. The Labute approximate surface area is 68.0 Å². The number of ether oxygens (including phenoxy) is 1. The molecular weight excluding hydrogens is 168 g/mol. The summed E-state index contributed by atoms with van der Waals surface area (Å²) in [7, 11) is 0. The van der Waals surface area contributed by atoms with Crippen LogP contribution in [0, 0.1) is 0 Å². The molecule has 0 amide bonds. The number of hydrogen-bond donors (Lipinski definition) is 4. The number of aliphatic hydroxyl groups excluding tert-OH is 3. The molecule has 0 aromatic rings. The molecule has 0 radical (unpaired) electrons. The molecule has 1 rings (SSSR count). The van der Waals surface area contributed by atoms with Gasteiger partial charge < -0.3 is 25.2 Å². The molecule has 1 aliphatic rings. The van der Waals surface area contributed by atoms with Crippen LogP contribution in [0.15, 0.2) is 0 Å². The van der Waals surface area contributed by atoms with Crippen molar-refractivity contribution in [1.29, 1.82) is 0 Å². The van der Waals surface area contributed by atoms with E-state index in [1.807, 2.05) is 0 Å². The summed E-state index contributed by atoms with van der Waals surface area (Å²) in [4.78, 5) is 10.3. The molecule has 4 unspecified atom stereocenters. The van der Waals surface area contributed by atoms with Gasteiger partial charge in [-0.05, 0) is 0 Å². The van der Waals surface area contributed by atoms with Crippen LogP contribution in [-0.4, -0.2) is 57.4 Å². The van der Waals surface area contributed by atoms with E-state index in [2.05, 4.69) is 4.74 Å². The van der Waals surface area contributed by atoms with E-state index in [1.54, 1.807) is 0 Å². The summed E-state index contributed by atoms with van der Waals surface area (Å²) in [5, 5.41) is 35.1. The lowest BCUT2D eigenvalue weighted by atomic mass is 10.1. The van der Waals surface area contributed by atoms with Gasteiger partial charge in [0.1, 0.15) is 18.3 Å². The van der Waals surface area contributed by atoms with Gasteiger partial charge in [0.25, 0.3) is 0 Å². The smallest absolute Gasteiger partial charge is 0.335 e. The summed E-state index contributed by atoms with van der Waals surface area (Å²) in [6.07, 6.45) is -5.27. The van der Waals surface area contributed by atoms with Gasteiger partial charge in [0.2, 0.25) is 0 Å². The fraction of sp³-hybridized carbons (Fsp3) is 0.833. The van der Waals surface area contributed by atoms with E-state index in [0.717, 1.165) is 0 Å². The van der Waals surface area contributed by atoms with E-state index in [1.165, 1.54) is 0 Å². The number of aliphatic carboxylic acids is 1. The zero-order valence-electron chi connectivity index (χ0n) is 6.12. The molecule has 0 spiro atoms. The van der Waals surface area contributed by atoms with Crippen LogP contribution in [0.4, 0.5) is 0 Å². The monoisotopic (exact) mass is 178 g/mol. The summed E-state index contributed by atoms with van der Waals surface area (Å²) in [6.45, 7) is -0.512. The minimum absolute atomic E-state index is 0.512. The van der Waals surface area contributed by atoms with Crippen molar-refractivity contribution in [2.75, 3.05) is 6.61 Å². The first-order chi connectivity index (χ1) is 5.57. The van der Waals surface area contributed by atoms with Crippen LogP contribution in [0.5, 0.6) is 0 Å². The third kappa shape index (κ3) is 1.42. The van der Waals surface area contributed by atoms with Crippen molar-refractivity contribution in [3.8, 4) is 0 Å². The van der Waals surface area contributed by atoms with Crippen molar-refractivity contribution in [2.45, 2.75) is 24.4 Å². The van der Waals surface area contributed by atoms with Gasteiger partial charge in [0.15, 0.2) is 6.10 Å². The summed E-state index contributed by atoms with van der Waals surface area (Å²) >= 11 is 0. The molecule has 1 aliphatic heterocycles. The summed E-state index contributed by atoms with van der Waals surface area (Å²) in [6, 6.07) is 0. The highest BCUT2D eigenvalue weighted by Gasteiger charge is 2.45. The van der Waals surface area contributed by atoms with Gasteiger partial charge in [0, 0.05) is 0 Å². The SMILES string of the molecule is O=C(O)C1OC(CO)C(O)C1O. The van der Waals surface area contributed by atoms with Gasteiger partial charge >= 0.3 is 5.97 Å². The van der Waals surface area contributed by atoms with E-state index < -0.39 is 37.0 Å². The van der Waals surface area contributed by atoms with Crippen molar-refractivity contribution in [1.82, 2.24) is 0 Å². The van der Waals surface area contributed by atoms with Crippen molar-refractivity contribution in [3.63, 3.8) is 0 Å². The highest BCUT2D eigenvalue weighted by molar-refractivity contribution is 5.73. The van der Waals surface area contributed by atoms with Crippen LogP contribution in [0.25, 0.3) is 0 Å². The predicted octanol–water partition coefficient (Wildman–Crippen LogP) is -2.45. The Morgan fingerprint density at radius 2 is 1.92 bits per heavy atom. The molecule has 4 atom stereocenters. The van der Waals surface area contributed by atoms with Gasteiger partial charge in [0.05, 0.1) is 6.61 Å². The van der Waals surface area contributed by atoms with Crippen LogP contribution < -0.4 is 0 Å². The molecule has 1 saturated heterocycles. The summed E-state index contributed by atoms with van der Waals surface area (Å²) in [5.41, 5.74) is 0. The first-order valence-electron chi connectivity index (χ1n) is 3.43. The second-order valence-electron chi connectivity index (χ2n) is 2.60. The molecule has 0 saturated carbocycles. The molecule has 6 nitrogen and oxygen atoms in total. The maximum atomic E-state index is 10.3. The third-order valence-corrected chi connectivity index (χ3v) is 1.79. The van der Waals surface area contributed by atoms with E-state index in [9.17, 15) is 4.79 Å². The molecule has 4 N–H and O–H groups in total. The van der Waals surface area contributed by atoms with Crippen LogP contribution in [0.2, 0.25) is 0 Å². The normalized spacial score (nSPS) is 41.6. The fourth-order valence-corrected chi connectivity index (χ4v) is 1.10. The van der Waals surface area contributed by atoms with Gasteiger partial charge in [-0.25, -0.2) is 4.79 Å². The molecule has 12 heavy (non-hydrogen) atoms. The van der Waals surface area contributed by atoms with E-state index in [4.69, 9.17) is 20.4 Å². The second kappa shape index (κ2) is 3.36. The minimum Gasteiger partial charge on any atom is -0.479 e. The predicted molar refractivity (Wildman–Crippen MR) is 35.4 cm³/mol. The molecule has 0 aromatic heterocycles.